The molecule has 126 valence electrons. The molecule has 3 rings (SSSR count). The normalized spacial score (nSPS) is 18.7. The van der Waals surface area contributed by atoms with Gasteiger partial charge in [-0.3, -0.25) is 9.59 Å². The smallest absolute Gasteiger partial charge is 0.242 e. The maximum atomic E-state index is 12.9. The van der Waals surface area contributed by atoms with Crippen LogP contribution < -0.4 is 5.32 Å². The van der Waals surface area contributed by atoms with Crippen LogP contribution in [0.3, 0.4) is 0 Å². The van der Waals surface area contributed by atoms with Gasteiger partial charge in [-0.25, -0.2) is 4.39 Å². The van der Waals surface area contributed by atoms with Crippen molar-refractivity contribution in [2.75, 3.05) is 5.75 Å². The predicted molar refractivity (Wildman–Crippen MR) is 94.1 cm³/mol. The Morgan fingerprint density at radius 3 is 2.79 bits per heavy atom. The third kappa shape index (κ3) is 3.62. The summed E-state index contributed by atoms with van der Waals surface area (Å²) in [6.45, 7) is 2.05. The van der Waals surface area contributed by atoms with E-state index in [2.05, 4.69) is 5.32 Å². The highest BCUT2D eigenvalue weighted by Crippen LogP contribution is 2.40. The van der Waals surface area contributed by atoms with E-state index in [-0.39, 0.29) is 23.0 Å². The first-order valence-corrected chi connectivity index (χ1v) is 9.52. The fourth-order valence-corrected chi connectivity index (χ4v) is 4.61. The minimum Gasteiger partial charge on any atom is -0.350 e. The maximum Gasteiger partial charge on any atom is 0.242 e. The molecule has 1 fully saturated rings. The van der Waals surface area contributed by atoms with Crippen LogP contribution in [0.25, 0.3) is 0 Å². The number of nitrogens with one attached hydrogen (secondary N) is 1. The molecule has 0 aliphatic carbocycles. The van der Waals surface area contributed by atoms with Gasteiger partial charge in [-0.05, 0) is 47.0 Å². The summed E-state index contributed by atoms with van der Waals surface area (Å²) in [5.41, 5.74) is 1.86. The van der Waals surface area contributed by atoms with E-state index in [1.165, 1.54) is 23.9 Å². The molecule has 0 spiro atoms. The van der Waals surface area contributed by atoms with Gasteiger partial charge in [0.05, 0.1) is 5.75 Å². The molecular weight excluding hydrogens is 347 g/mol. The van der Waals surface area contributed by atoms with E-state index < -0.39 is 6.04 Å². The van der Waals surface area contributed by atoms with Gasteiger partial charge >= 0.3 is 0 Å². The van der Waals surface area contributed by atoms with Crippen molar-refractivity contribution in [2.24, 2.45) is 0 Å². The minimum atomic E-state index is -0.558. The van der Waals surface area contributed by atoms with Crippen LogP contribution in [0.4, 0.5) is 4.39 Å². The Morgan fingerprint density at radius 2 is 2.12 bits per heavy atom. The summed E-state index contributed by atoms with van der Waals surface area (Å²) < 4.78 is 12.9. The van der Waals surface area contributed by atoms with Crippen LogP contribution in [-0.2, 0) is 16.1 Å². The van der Waals surface area contributed by atoms with E-state index >= 15 is 0 Å². The zero-order chi connectivity index (χ0) is 17.1. The van der Waals surface area contributed by atoms with E-state index in [0.29, 0.717) is 12.3 Å². The zero-order valence-corrected chi connectivity index (χ0v) is 14.7. The molecule has 1 aromatic carbocycles. The molecule has 1 saturated heterocycles. The van der Waals surface area contributed by atoms with Crippen LogP contribution in [0.1, 0.15) is 23.4 Å². The van der Waals surface area contributed by atoms with Crippen molar-refractivity contribution >= 4 is 34.9 Å². The molecule has 2 heterocycles. The van der Waals surface area contributed by atoms with Gasteiger partial charge in [0.1, 0.15) is 17.2 Å². The summed E-state index contributed by atoms with van der Waals surface area (Å²) >= 11 is 3.12. The monoisotopic (exact) mass is 364 g/mol. The number of hydrogen-bond acceptors (Lipinski definition) is 4. The van der Waals surface area contributed by atoms with Crippen LogP contribution >= 0.6 is 23.1 Å². The Hall–Kier alpha value is -1.86. The zero-order valence-electron chi connectivity index (χ0n) is 13.1. The lowest BCUT2D eigenvalue weighted by Crippen LogP contribution is -2.46. The molecule has 0 radical (unpaired) electrons. The molecule has 2 atom stereocenters. The number of hydrogen-bond donors (Lipinski definition) is 1. The van der Waals surface area contributed by atoms with Gasteiger partial charge in [0, 0.05) is 6.54 Å². The van der Waals surface area contributed by atoms with Gasteiger partial charge in [-0.1, -0.05) is 12.1 Å². The van der Waals surface area contributed by atoms with Crippen LogP contribution in [-0.4, -0.2) is 28.5 Å². The standard InChI is InChI=1S/C17H17FN2O2S2/c1-11(16(22)19-8-12-2-4-14(18)5-3-12)20-15(21)10-24-17(20)13-6-7-23-9-13/h2-7,9,11,17H,8,10H2,1H3,(H,19,22). The minimum absolute atomic E-state index is 0.0272. The molecule has 0 saturated carbocycles. The van der Waals surface area contributed by atoms with E-state index in [1.807, 2.05) is 16.8 Å². The van der Waals surface area contributed by atoms with Crippen LogP contribution in [0.15, 0.2) is 41.1 Å². The lowest BCUT2D eigenvalue weighted by Gasteiger charge is -2.29. The number of benzene rings is 1. The highest BCUT2D eigenvalue weighted by Gasteiger charge is 2.38. The highest BCUT2D eigenvalue weighted by molar-refractivity contribution is 8.00. The number of rotatable bonds is 5. The molecule has 1 aromatic heterocycles. The lowest BCUT2D eigenvalue weighted by molar-refractivity contribution is -0.137. The summed E-state index contributed by atoms with van der Waals surface area (Å²) in [7, 11) is 0. The van der Waals surface area contributed by atoms with Gasteiger partial charge < -0.3 is 10.2 Å². The molecular formula is C17H17FN2O2S2. The van der Waals surface area contributed by atoms with Crippen LogP contribution in [0.5, 0.6) is 0 Å². The number of carbonyl (C=O) groups is 2. The quantitative estimate of drug-likeness (QED) is 0.887. The SMILES string of the molecule is CC(C(=O)NCc1ccc(F)cc1)N1C(=O)CSC1c1ccsc1. The number of carbonyl (C=O) groups excluding carboxylic acids is 2. The average Bonchev–Trinajstić information content (AvgIpc) is 3.22. The summed E-state index contributed by atoms with van der Waals surface area (Å²) in [5.74, 6) is -0.163. The molecule has 24 heavy (non-hydrogen) atoms. The number of amides is 2. The van der Waals surface area contributed by atoms with Crippen molar-refractivity contribution in [1.82, 2.24) is 10.2 Å². The third-order valence-corrected chi connectivity index (χ3v) is 5.84. The number of halogens is 1. The molecule has 0 bridgehead atoms. The van der Waals surface area contributed by atoms with Crippen molar-refractivity contribution < 1.29 is 14.0 Å². The van der Waals surface area contributed by atoms with Crippen molar-refractivity contribution in [3.8, 4) is 0 Å². The Kier molecular flexibility index (Phi) is 5.20. The maximum absolute atomic E-state index is 12.9. The summed E-state index contributed by atoms with van der Waals surface area (Å²) in [6, 6.07) is 7.40. The predicted octanol–water partition coefficient (Wildman–Crippen LogP) is 3.17. The summed E-state index contributed by atoms with van der Waals surface area (Å²) in [5, 5.41) is 6.68. The van der Waals surface area contributed by atoms with E-state index in [0.717, 1.165) is 11.1 Å². The fourth-order valence-electron chi connectivity index (χ4n) is 2.59. The third-order valence-electron chi connectivity index (χ3n) is 3.91. The molecule has 4 nitrogen and oxygen atoms in total. The molecule has 2 amide bonds. The Bertz CT molecular complexity index is 719. The van der Waals surface area contributed by atoms with E-state index in [1.54, 1.807) is 35.3 Å². The Morgan fingerprint density at radius 1 is 1.38 bits per heavy atom. The second-order valence-electron chi connectivity index (χ2n) is 5.54. The Balaban J connectivity index is 1.65. The van der Waals surface area contributed by atoms with Gasteiger partial charge in [-0.2, -0.15) is 11.3 Å². The largest absolute Gasteiger partial charge is 0.350 e. The Labute approximate surface area is 148 Å². The second kappa shape index (κ2) is 7.36. The molecule has 2 unspecified atom stereocenters. The van der Waals surface area contributed by atoms with Crippen molar-refractivity contribution in [3.63, 3.8) is 0 Å². The number of nitrogens with zero attached hydrogens (tertiary/aromatic N) is 1. The van der Waals surface area contributed by atoms with Gasteiger partial charge in [0.2, 0.25) is 11.8 Å². The average molecular weight is 364 g/mol. The first-order chi connectivity index (χ1) is 11.6. The molecule has 2 aromatic rings. The van der Waals surface area contributed by atoms with Crippen LogP contribution in [0, 0.1) is 5.82 Å². The first kappa shape index (κ1) is 17.0. The molecule has 1 aliphatic rings. The second-order valence-corrected chi connectivity index (χ2v) is 7.39. The number of thiophene rings is 1. The summed E-state index contributed by atoms with van der Waals surface area (Å²) in [4.78, 5) is 26.3. The van der Waals surface area contributed by atoms with Crippen LogP contribution in [0.2, 0.25) is 0 Å². The van der Waals surface area contributed by atoms with Crippen molar-refractivity contribution in [1.29, 1.82) is 0 Å². The van der Waals surface area contributed by atoms with Gasteiger partial charge in [-0.15, -0.1) is 11.8 Å². The van der Waals surface area contributed by atoms with Gasteiger partial charge in [0.15, 0.2) is 0 Å². The fraction of sp³-hybridized carbons (Fsp3) is 0.294. The molecule has 1 aliphatic heterocycles. The molecule has 7 heteroatoms. The molecule has 1 N–H and O–H groups in total. The van der Waals surface area contributed by atoms with E-state index in [9.17, 15) is 14.0 Å². The van der Waals surface area contributed by atoms with Crippen molar-refractivity contribution in [3.05, 3.63) is 58.0 Å². The van der Waals surface area contributed by atoms with E-state index in [4.69, 9.17) is 0 Å². The van der Waals surface area contributed by atoms with Gasteiger partial charge in [0.25, 0.3) is 0 Å². The summed E-state index contributed by atoms with van der Waals surface area (Å²) in [6.07, 6.45) is 0. The topological polar surface area (TPSA) is 49.4 Å². The lowest BCUT2D eigenvalue weighted by atomic mass is 10.2. The first-order valence-electron chi connectivity index (χ1n) is 7.53. The number of thioether (sulfide) groups is 1. The van der Waals surface area contributed by atoms with Crippen molar-refractivity contribution in [2.45, 2.75) is 24.9 Å². The highest BCUT2D eigenvalue weighted by atomic mass is 32.2.